The molecule has 1 rings (SSSR count). The molecule has 0 atom stereocenters. The summed E-state index contributed by atoms with van der Waals surface area (Å²) >= 11 is 5.84. The van der Waals surface area contributed by atoms with E-state index in [2.05, 4.69) is 15.2 Å². The molecule has 0 bridgehead atoms. The van der Waals surface area contributed by atoms with Crippen molar-refractivity contribution in [1.29, 1.82) is 0 Å². The van der Waals surface area contributed by atoms with E-state index in [1.54, 1.807) is 31.3 Å². The van der Waals surface area contributed by atoms with Gasteiger partial charge in [0, 0.05) is 6.21 Å². The number of hydrazone groups is 1. The van der Waals surface area contributed by atoms with Crippen molar-refractivity contribution in [3.63, 3.8) is 0 Å². The maximum atomic E-state index is 11.1. The van der Waals surface area contributed by atoms with E-state index in [4.69, 9.17) is 11.6 Å². The summed E-state index contributed by atoms with van der Waals surface area (Å²) in [6.07, 6.45) is 2.64. The Balaban J connectivity index is 2.99. The van der Waals surface area contributed by atoms with Gasteiger partial charge in [0.05, 0.1) is 22.7 Å². The normalized spacial score (nSPS) is 11.7. The highest BCUT2D eigenvalue weighted by molar-refractivity contribution is 7.92. The molecule has 5 nitrogen and oxygen atoms in total. The predicted octanol–water partition coefficient (Wildman–Crippen LogP) is 2.13. The van der Waals surface area contributed by atoms with E-state index < -0.39 is 10.0 Å². The van der Waals surface area contributed by atoms with E-state index in [9.17, 15) is 8.42 Å². The fourth-order valence-electron chi connectivity index (χ4n) is 1.01. The summed E-state index contributed by atoms with van der Waals surface area (Å²) in [6.45, 7) is 1.76. The number of rotatable bonds is 4. The molecule has 0 amide bonds. The van der Waals surface area contributed by atoms with Gasteiger partial charge in [0.1, 0.15) is 0 Å². The van der Waals surface area contributed by atoms with Gasteiger partial charge in [-0.2, -0.15) is 5.10 Å². The van der Waals surface area contributed by atoms with Crippen LogP contribution in [0.4, 0.5) is 11.4 Å². The summed E-state index contributed by atoms with van der Waals surface area (Å²) in [5, 5.41) is 4.14. The SMILES string of the molecule is C/C=N/Nc1ccc(Cl)c(NS(C)(=O)=O)c1. The molecular weight excluding hydrogens is 250 g/mol. The van der Waals surface area contributed by atoms with Crippen molar-refractivity contribution in [2.24, 2.45) is 5.10 Å². The van der Waals surface area contributed by atoms with E-state index in [-0.39, 0.29) is 0 Å². The van der Waals surface area contributed by atoms with Gasteiger partial charge in [0.15, 0.2) is 0 Å². The lowest BCUT2D eigenvalue weighted by Crippen LogP contribution is -2.10. The van der Waals surface area contributed by atoms with Crippen molar-refractivity contribution in [3.8, 4) is 0 Å². The molecule has 7 heteroatoms. The molecule has 0 aliphatic rings. The molecule has 0 spiro atoms. The Kier molecular flexibility index (Phi) is 4.14. The lowest BCUT2D eigenvalue weighted by atomic mass is 10.3. The molecule has 0 heterocycles. The van der Waals surface area contributed by atoms with Gasteiger partial charge in [-0.25, -0.2) is 8.42 Å². The van der Waals surface area contributed by atoms with Crippen LogP contribution in [0.3, 0.4) is 0 Å². The van der Waals surface area contributed by atoms with Crippen LogP contribution in [-0.4, -0.2) is 20.9 Å². The van der Waals surface area contributed by atoms with Gasteiger partial charge < -0.3 is 0 Å². The third kappa shape index (κ3) is 4.08. The van der Waals surface area contributed by atoms with Crippen LogP contribution in [0.1, 0.15) is 6.92 Å². The second kappa shape index (κ2) is 5.18. The Morgan fingerprint density at radius 3 is 2.69 bits per heavy atom. The number of nitrogens with zero attached hydrogens (tertiary/aromatic N) is 1. The van der Waals surface area contributed by atoms with Crippen LogP contribution in [0.5, 0.6) is 0 Å². The molecule has 1 aromatic carbocycles. The average molecular weight is 262 g/mol. The van der Waals surface area contributed by atoms with Gasteiger partial charge in [-0.1, -0.05) is 11.6 Å². The quantitative estimate of drug-likeness (QED) is 0.644. The topological polar surface area (TPSA) is 70.6 Å². The van der Waals surface area contributed by atoms with Crippen LogP contribution in [0.25, 0.3) is 0 Å². The predicted molar refractivity (Wildman–Crippen MR) is 67.7 cm³/mol. The maximum absolute atomic E-state index is 11.1. The van der Waals surface area contributed by atoms with Crippen molar-refractivity contribution < 1.29 is 8.42 Å². The first-order valence-corrected chi connectivity index (χ1v) is 6.70. The summed E-state index contributed by atoms with van der Waals surface area (Å²) in [6, 6.07) is 4.85. The molecule has 0 saturated heterocycles. The molecule has 0 aromatic heterocycles. The minimum absolute atomic E-state index is 0.320. The minimum atomic E-state index is -3.34. The summed E-state index contributed by atoms with van der Waals surface area (Å²) < 4.78 is 24.4. The first-order chi connectivity index (χ1) is 7.42. The van der Waals surface area contributed by atoms with Crippen molar-refractivity contribution in [2.45, 2.75) is 6.92 Å². The molecule has 1 aromatic rings. The molecule has 0 radical (unpaired) electrons. The number of hydrogen-bond acceptors (Lipinski definition) is 4. The van der Waals surface area contributed by atoms with E-state index in [1.807, 2.05) is 0 Å². The van der Waals surface area contributed by atoms with Crippen LogP contribution in [0, 0.1) is 0 Å². The molecule has 16 heavy (non-hydrogen) atoms. The molecule has 0 aliphatic heterocycles. The standard InChI is InChI=1S/C9H12ClN3O2S/c1-3-11-12-7-4-5-8(10)9(6-7)13-16(2,14)15/h3-6,12-13H,1-2H3/b11-3+. The molecule has 0 fully saturated rings. The summed E-state index contributed by atoms with van der Waals surface area (Å²) in [5.41, 5.74) is 3.69. The Hall–Kier alpha value is -1.27. The third-order valence-corrected chi connectivity index (χ3v) is 2.50. The first-order valence-electron chi connectivity index (χ1n) is 4.43. The number of benzene rings is 1. The molecule has 2 N–H and O–H groups in total. The largest absolute Gasteiger partial charge is 0.282 e. The molecule has 0 unspecified atom stereocenters. The lowest BCUT2D eigenvalue weighted by molar-refractivity contribution is 0.607. The van der Waals surface area contributed by atoms with Crippen molar-refractivity contribution in [2.75, 3.05) is 16.4 Å². The maximum Gasteiger partial charge on any atom is 0.229 e. The zero-order chi connectivity index (χ0) is 12.2. The van der Waals surface area contributed by atoms with Crippen molar-refractivity contribution in [3.05, 3.63) is 23.2 Å². The Morgan fingerprint density at radius 2 is 2.12 bits per heavy atom. The zero-order valence-electron chi connectivity index (χ0n) is 8.86. The highest BCUT2D eigenvalue weighted by Crippen LogP contribution is 2.26. The average Bonchev–Trinajstić information content (AvgIpc) is 2.17. The first kappa shape index (κ1) is 12.8. The van der Waals surface area contributed by atoms with E-state index in [1.165, 1.54) is 0 Å². The molecule has 0 saturated carbocycles. The summed E-state index contributed by atoms with van der Waals surface area (Å²) in [5.74, 6) is 0. The van der Waals surface area contributed by atoms with Gasteiger partial charge in [-0.05, 0) is 25.1 Å². The van der Waals surface area contributed by atoms with Gasteiger partial charge in [-0.15, -0.1) is 0 Å². The second-order valence-electron chi connectivity index (χ2n) is 3.07. The van der Waals surface area contributed by atoms with Crippen LogP contribution in [0.2, 0.25) is 5.02 Å². The second-order valence-corrected chi connectivity index (χ2v) is 5.22. The van der Waals surface area contributed by atoms with Crippen LogP contribution < -0.4 is 10.1 Å². The molecular formula is C9H12ClN3O2S. The Labute approximate surface area is 99.6 Å². The number of hydrogen-bond donors (Lipinski definition) is 2. The third-order valence-electron chi connectivity index (χ3n) is 1.58. The Morgan fingerprint density at radius 1 is 1.44 bits per heavy atom. The number of nitrogens with one attached hydrogen (secondary N) is 2. The van der Waals surface area contributed by atoms with Crippen molar-refractivity contribution in [1.82, 2.24) is 0 Å². The number of anilines is 2. The van der Waals surface area contributed by atoms with Crippen molar-refractivity contribution >= 4 is 39.2 Å². The summed E-state index contributed by atoms with van der Waals surface area (Å²) in [4.78, 5) is 0. The fourth-order valence-corrected chi connectivity index (χ4v) is 1.80. The van der Waals surface area contributed by atoms with Crippen LogP contribution in [-0.2, 0) is 10.0 Å². The van der Waals surface area contributed by atoms with E-state index in [0.29, 0.717) is 16.4 Å². The van der Waals surface area contributed by atoms with E-state index in [0.717, 1.165) is 6.26 Å². The molecule has 0 aliphatic carbocycles. The smallest absolute Gasteiger partial charge is 0.229 e. The van der Waals surface area contributed by atoms with Crippen LogP contribution in [0.15, 0.2) is 23.3 Å². The monoisotopic (exact) mass is 261 g/mol. The van der Waals surface area contributed by atoms with Gasteiger partial charge >= 0.3 is 0 Å². The minimum Gasteiger partial charge on any atom is -0.282 e. The fraction of sp³-hybridized carbons (Fsp3) is 0.222. The van der Waals surface area contributed by atoms with E-state index >= 15 is 0 Å². The zero-order valence-corrected chi connectivity index (χ0v) is 10.4. The molecule has 88 valence electrons. The Bertz CT molecular complexity index is 499. The number of halogens is 1. The highest BCUT2D eigenvalue weighted by atomic mass is 35.5. The van der Waals surface area contributed by atoms with Gasteiger partial charge in [0.2, 0.25) is 10.0 Å². The van der Waals surface area contributed by atoms with Crippen LogP contribution >= 0.6 is 11.6 Å². The highest BCUT2D eigenvalue weighted by Gasteiger charge is 2.06. The van der Waals surface area contributed by atoms with Gasteiger partial charge in [-0.3, -0.25) is 10.1 Å². The van der Waals surface area contributed by atoms with Gasteiger partial charge in [0.25, 0.3) is 0 Å². The lowest BCUT2D eigenvalue weighted by Gasteiger charge is -2.08. The summed E-state index contributed by atoms with van der Waals surface area (Å²) in [7, 11) is -3.34. The number of sulfonamides is 1.